The first-order chi connectivity index (χ1) is 11.9. The van der Waals surface area contributed by atoms with Gasteiger partial charge in [-0.1, -0.05) is 39.0 Å². The lowest BCUT2D eigenvalue weighted by Crippen LogP contribution is -2.13. The lowest BCUT2D eigenvalue weighted by atomic mass is 10.1. The summed E-state index contributed by atoms with van der Waals surface area (Å²) < 4.78 is 38.2. The van der Waals surface area contributed by atoms with Crippen molar-refractivity contribution >= 4 is 0 Å². The van der Waals surface area contributed by atoms with E-state index < -0.39 is 6.67 Å². The second-order valence-corrected chi connectivity index (χ2v) is 5.52. The Morgan fingerprint density at radius 3 is 1.29 bits per heavy atom. The molecule has 0 saturated heterocycles. The Balaban J connectivity index is 2.93. The van der Waals surface area contributed by atoms with Crippen LogP contribution in [0.3, 0.4) is 0 Å². The molecular weight excluding hydrogens is 315 g/mol. The van der Waals surface area contributed by atoms with Gasteiger partial charge in [-0.15, -0.1) is 0 Å². The molecule has 0 aromatic carbocycles. The number of hydrogen-bond acceptors (Lipinski definition) is 5. The highest BCUT2D eigenvalue weighted by Crippen LogP contribution is 2.04. The predicted octanol–water partition coefficient (Wildman–Crippen LogP) is 3.40. The van der Waals surface area contributed by atoms with E-state index in [1.165, 1.54) is 32.1 Å². The van der Waals surface area contributed by atoms with Gasteiger partial charge in [-0.2, -0.15) is 0 Å². The molecule has 0 bridgehead atoms. The summed E-state index contributed by atoms with van der Waals surface area (Å²) >= 11 is 0. The molecule has 0 heterocycles. The average molecular weight is 352 g/mol. The maximum absolute atomic E-state index is 11.7. The van der Waals surface area contributed by atoms with Crippen LogP contribution in [0.4, 0.5) is 4.39 Å². The highest BCUT2D eigenvalue weighted by atomic mass is 19.1. The second kappa shape index (κ2) is 22.7. The van der Waals surface area contributed by atoms with E-state index in [9.17, 15) is 4.39 Å². The maximum atomic E-state index is 11.7. The quantitative estimate of drug-likeness (QED) is 0.296. The number of rotatable bonds is 21. The van der Waals surface area contributed by atoms with Crippen molar-refractivity contribution in [3.63, 3.8) is 0 Å². The van der Waals surface area contributed by atoms with Crippen LogP contribution in [0.15, 0.2) is 0 Å². The Labute approximate surface area is 147 Å². The fourth-order valence-corrected chi connectivity index (χ4v) is 2.02. The van der Waals surface area contributed by atoms with Gasteiger partial charge in [-0.25, -0.2) is 4.39 Å². The van der Waals surface area contributed by atoms with E-state index in [-0.39, 0.29) is 6.61 Å². The average Bonchev–Trinajstić information content (AvgIpc) is 2.60. The molecule has 5 nitrogen and oxygen atoms in total. The minimum atomic E-state index is -0.451. The predicted molar refractivity (Wildman–Crippen MR) is 93.4 cm³/mol. The molecule has 0 aromatic heterocycles. The van der Waals surface area contributed by atoms with Crippen LogP contribution in [0.5, 0.6) is 0 Å². The van der Waals surface area contributed by atoms with Gasteiger partial charge in [0.25, 0.3) is 0 Å². The van der Waals surface area contributed by atoms with Crippen LogP contribution in [0.25, 0.3) is 0 Å². The number of halogens is 1. The molecule has 0 aliphatic heterocycles. The number of unbranched alkanes of at least 4 members (excludes halogenated alkanes) is 5. The summed E-state index contributed by atoms with van der Waals surface area (Å²) in [4.78, 5) is 0. The summed E-state index contributed by atoms with van der Waals surface area (Å²) in [6.45, 7) is 7.07. The Hall–Kier alpha value is -0.270. The van der Waals surface area contributed by atoms with Gasteiger partial charge >= 0.3 is 0 Å². The van der Waals surface area contributed by atoms with Gasteiger partial charge in [0.1, 0.15) is 6.67 Å². The summed E-state index contributed by atoms with van der Waals surface area (Å²) in [5.41, 5.74) is 0. The Bertz CT molecular complexity index is 198. The lowest BCUT2D eigenvalue weighted by Gasteiger charge is -2.07. The summed E-state index contributed by atoms with van der Waals surface area (Å²) in [5, 5.41) is 0. The first kappa shape index (κ1) is 23.7. The third kappa shape index (κ3) is 21.7. The zero-order chi connectivity index (χ0) is 17.6. The zero-order valence-electron chi connectivity index (χ0n) is 15.4. The molecule has 146 valence electrons. The van der Waals surface area contributed by atoms with Crippen molar-refractivity contribution in [3.05, 3.63) is 0 Å². The van der Waals surface area contributed by atoms with Crippen LogP contribution in [0, 0.1) is 0 Å². The highest BCUT2D eigenvalue weighted by Gasteiger charge is 1.94. The summed E-state index contributed by atoms with van der Waals surface area (Å²) in [6, 6.07) is 0. The standard InChI is InChI=1S/C18H37FO5/c1-2-3-4-5-6-7-9-20-11-13-22-15-17-24-18-16-23-14-12-21-10-8-19/h2-18H2,1H3. The Morgan fingerprint density at radius 2 is 0.833 bits per heavy atom. The SMILES string of the molecule is CCCCCCCCOCCOCCOCCOCCOCCF. The normalized spacial score (nSPS) is 11.2. The first-order valence-corrected chi connectivity index (χ1v) is 9.36. The molecule has 0 unspecified atom stereocenters. The van der Waals surface area contributed by atoms with E-state index in [0.29, 0.717) is 52.9 Å². The summed E-state index contributed by atoms with van der Waals surface area (Å²) in [6.07, 6.45) is 7.71. The van der Waals surface area contributed by atoms with E-state index in [0.717, 1.165) is 13.0 Å². The first-order valence-electron chi connectivity index (χ1n) is 9.36. The molecule has 0 saturated carbocycles. The molecule has 0 rings (SSSR count). The van der Waals surface area contributed by atoms with E-state index in [2.05, 4.69) is 6.92 Å². The number of alkyl halides is 1. The van der Waals surface area contributed by atoms with E-state index in [1.807, 2.05) is 0 Å². The molecule has 24 heavy (non-hydrogen) atoms. The van der Waals surface area contributed by atoms with Crippen molar-refractivity contribution in [1.82, 2.24) is 0 Å². The zero-order valence-corrected chi connectivity index (χ0v) is 15.4. The van der Waals surface area contributed by atoms with Gasteiger partial charge in [0.15, 0.2) is 0 Å². The minimum Gasteiger partial charge on any atom is -0.379 e. The monoisotopic (exact) mass is 352 g/mol. The minimum absolute atomic E-state index is 0.139. The molecule has 0 fully saturated rings. The largest absolute Gasteiger partial charge is 0.379 e. The van der Waals surface area contributed by atoms with Crippen molar-refractivity contribution in [2.75, 3.05) is 72.7 Å². The van der Waals surface area contributed by atoms with E-state index in [1.54, 1.807) is 0 Å². The van der Waals surface area contributed by atoms with Crippen LogP contribution in [0.2, 0.25) is 0 Å². The van der Waals surface area contributed by atoms with Crippen LogP contribution in [0.1, 0.15) is 45.4 Å². The van der Waals surface area contributed by atoms with Crippen LogP contribution in [-0.2, 0) is 23.7 Å². The van der Waals surface area contributed by atoms with Gasteiger partial charge in [0.2, 0.25) is 0 Å². The smallest absolute Gasteiger partial charge is 0.113 e. The molecule has 0 aliphatic rings. The molecular formula is C18H37FO5. The number of hydrogen-bond donors (Lipinski definition) is 0. The second-order valence-electron chi connectivity index (χ2n) is 5.52. The van der Waals surface area contributed by atoms with Crippen molar-refractivity contribution in [1.29, 1.82) is 0 Å². The van der Waals surface area contributed by atoms with Gasteiger partial charge in [0.05, 0.1) is 59.5 Å². The van der Waals surface area contributed by atoms with Gasteiger partial charge in [-0.3, -0.25) is 0 Å². The molecule has 0 atom stereocenters. The lowest BCUT2D eigenvalue weighted by molar-refractivity contribution is -0.0119. The van der Waals surface area contributed by atoms with Crippen LogP contribution < -0.4 is 0 Å². The van der Waals surface area contributed by atoms with E-state index in [4.69, 9.17) is 23.7 Å². The summed E-state index contributed by atoms with van der Waals surface area (Å²) in [7, 11) is 0. The molecule has 0 aromatic rings. The Kier molecular flexibility index (Phi) is 22.5. The molecule has 0 spiro atoms. The van der Waals surface area contributed by atoms with Crippen molar-refractivity contribution in [2.45, 2.75) is 45.4 Å². The topological polar surface area (TPSA) is 46.2 Å². The highest BCUT2D eigenvalue weighted by molar-refractivity contribution is 4.43. The summed E-state index contributed by atoms with van der Waals surface area (Å²) in [5.74, 6) is 0. The van der Waals surface area contributed by atoms with Crippen LogP contribution >= 0.6 is 0 Å². The molecule has 0 aliphatic carbocycles. The fourth-order valence-electron chi connectivity index (χ4n) is 2.02. The third-order valence-corrected chi connectivity index (χ3v) is 3.35. The molecule has 6 heteroatoms. The van der Waals surface area contributed by atoms with Crippen molar-refractivity contribution < 1.29 is 28.1 Å². The molecule has 0 amide bonds. The van der Waals surface area contributed by atoms with Crippen molar-refractivity contribution in [3.8, 4) is 0 Å². The van der Waals surface area contributed by atoms with E-state index >= 15 is 0 Å². The fraction of sp³-hybridized carbons (Fsp3) is 1.00. The Morgan fingerprint density at radius 1 is 0.458 bits per heavy atom. The third-order valence-electron chi connectivity index (χ3n) is 3.35. The van der Waals surface area contributed by atoms with Crippen molar-refractivity contribution in [2.24, 2.45) is 0 Å². The molecule has 0 N–H and O–H groups in total. The maximum Gasteiger partial charge on any atom is 0.113 e. The number of ether oxygens (including phenoxy) is 5. The van der Waals surface area contributed by atoms with Gasteiger partial charge < -0.3 is 23.7 Å². The van der Waals surface area contributed by atoms with Crippen LogP contribution in [-0.4, -0.2) is 72.7 Å². The molecule has 0 radical (unpaired) electrons. The van der Waals surface area contributed by atoms with Gasteiger partial charge in [-0.05, 0) is 6.42 Å². The van der Waals surface area contributed by atoms with Gasteiger partial charge in [0, 0.05) is 6.61 Å².